The number of benzene rings is 2. The summed E-state index contributed by atoms with van der Waals surface area (Å²) in [7, 11) is 0. The molecule has 3 unspecified atom stereocenters. The van der Waals surface area contributed by atoms with Crippen LogP contribution in [0.15, 0.2) is 48.5 Å². The first kappa shape index (κ1) is 21.0. The number of ether oxygens (including phenoxy) is 1. The number of likely N-dealkylation sites (tertiary alicyclic amines) is 2. The molecule has 0 amide bonds. The molecule has 3 atom stereocenters. The molecule has 0 radical (unpaired) electrons. The first-order valence-corrected chi connectivity index (χ1v) is 12.6. The monoisotopic (exact) mass is 418 g/mol. The molecule has 2 heterocycles. The average Bonchev–Trinajstić information content (AvgIpc) is 3.18. The molecule has 2 saturated heterocycles. The molecule has 2 aliphatic heterocycles. The number of piperidine rings is 2. The largest absolute Gasteiger partial charge is 0.484 e. The van der Waals surface area contributed by atoms with E-state index < -0.39 is 0 Å². The van der Waals surface area contributed by atoms with Crippen LogP contribution in [-0.4, -0.2) is 42.0 Å². The third-order valence-electron chi connectivity index (χ3n) is 7.75. The van der Waals surface area contributed by atoms with Gasteiger partial charge in [0.15, 0.2) is 0 Å². The van der Waals surface area contributed by atoms with Gasteiger partial charge in [-0.3, -0.25) is 9.80 Å². The van der Waals surface area contributed by atoms with Crippen molar-refractivity contribution in [2.75, 3.05) is 26.2 Å². The molecule has 3 heteroatoms. The fourth-order valence-electron chi connectivity index (χ4n) is 5.97. The van der Waals surface area contributed by atoms with Gasteiger partial charge in [-0.15, -0.1) is 0 Å². The Kier molecular flexibility index (Phi) is 6.61. The molecule has 2 fully saturated rings. The maximum Gasteiger partial charge on any atom is 0.140 e. The van der Waals surface area contributed by atoms with E-state index in [-0.39, 0.29) is 6.10 Å². The number of hydrogen-bond donors (Lipinski definition) is 0. The van der Waals surface area contributed by atoms with Crippen LogP contribution in [0.1, 0.15) is 68.2 Å². The average molecular weight is 419 g/mol. The fourth-order valence-corrected chi connectivity index (χ4v) is 5.97. The Hall–Kier alpha value is -1.84. The quantitative estimate of drug-likeness (QED) is 0.586. The van der Waals surface area contributed by atoms with Crippen LogP contribution in [0.4, 0.5) is 0 Å². The lowest BCUT2D eigenvalue weighted by Crippen LogP contribution is -2.45. The van der Waals surface area contributed by atoms with Crippen molar-refractivity contribution in [2.45, 2.75) is 70.6 Å². The zero-order chi connectivity index (χ0) is 21.0. The molecular formula is C28H38N2O. The van der Waals surface area contributed by atoms with E-state index in [0.29, 0.717) is 6.04 Å². The van der Waals surface area contributed by atoms with E-state index in [4.69, 9.17) is 4.74 Å². The Labute approximate surface area is 188 Å². The minimum absolute atomic E-state index is 0.136. The van der Waals surface area contributed by atoms with Gasteiger partial charge in [0, 0.05) is 13.1 Å². The summed E-state index contributed by atoms with van der Waals surface area (Å²) in [6.07, 6.45) is 9.32. The predicted octanol–water partition coefficient (Wildman–Crippen LogP) is 5.84. The molecule has 0 saturated carbocycles. The van der Waals surface area contributed by atoms with Gasteiger partial charge in [0.1, 0.15) is 11.9 Å². The molecule has 31 heavy (non-hydrogen) atoms. The van der Waals surface area contributed by atoms with E-state index in [1.165, 1.54) is 81.4 Å². The Morgan fingerprint density at radius 3 is 2.68 bits per heavy atom. The van der Waals surface area contributed by atoms with E-state index >= 15 is 0 Å². The molecule has 0 aromatic heterocycles. The zero-order valence-corrected chi connectivity index (χ0v) is 19.1. The summed E-state index contributed by atoms with van der Waals surface area (Å²) < 4.78 is 6.81. The van der Waals surface area contributed by atoms with Crippen LogP contribution in [0.2, 0.25) is 0 Å². The van der Waals surface area contributed by atoms with Gasteiger partial charge in [-0.25, -0.2) is 0 Å². The summed E-state index contributed by atoms with van der Waals surface area (Å²) in [5.41, 5.74) is 4.25. The highest BCUT2D eigenvalue weighted by atomic mass is 16.5. The van der Waals surface area contributed by atoms with Gasteiger partial charge in [0.2, 0.25) is 0 Å². The van der Waals surface area contributed by atoms with Crippen molar-refractivity contribution >= 4 is 0 Å². The van der Waals surface area contributed by atoms with Crippen molar-refractivity contribution in [3.8, 4) is 5.75 Å². The van der Waals surface area contributed by atoms with Gasteiger partial charge in [-0.2, -0.15) is 0 Å². The normalized spacial score (nSPS) is 27.2. The van der Waals surface area contributed by atoms with Gasteiger partial charge in [0.25, 0.3) is 0 Å². The van der Waals surface area contributed by atoms with Crippen LogP contribution >= 0.6 is 0 Å². The Morgan fingerprint density at radius 1 is 0.935 bits per heavy atom. The van der Waals surface area contributed by atoms with Crippen LogP contribution in [-0.2, 0) is 13.0 Å². The van der Waals surface area contributed by atoms with Gasteiger partial charge < -0.3 is 4.74 Å². The topological polar surface area (TPSA) is 15.7 Å². The molecule has 0 N–H and O–H groups in total. The van der Waals surface area contributed by atoms with Gasteiger partial charge in [-0.1, -0.05) is 56.2 Å². The molecule has 0 spiro atoms. The highest BCUT2D eigenvalue weighted by molar-refractivity contribution is 5.38. The lowest BCUT2D eigenvalue weighted by Gasteiger charge is -2.39. The summed E-state index contributed by atoms with van der Waals surface area (Å²) in [5, 5.41) is 0. The summed E-state index contributed by atoms with van der Waals surface area (Å²) in [4.78, 5) is 5.33. The van der Waals surface area contributed by atoms with E-state index in [1.807, 2.05) is 0 Å². The lowest BCUT2D eigenvalue weighted by molar-refractivity contribution is 0.0467. The third kappa shape index (κ3) is 4.83. The molecule has 5 rings (SSSR count). The van der Waals surface area contributed by atoms with Crippen LogP contribution in [0.25, 0.3) is 0 Å². The van der Waals surface area contributed by atoms with Crippen molar-refractivity contribution in [3.05, 3.63) is 65.2 Å². The first-order valence-electron chi connectivity index (χ1n) is 12.6. The summed E-state index contributed by atoms with van der Waals surface area (Å²) in [5.74, 6) is 1.87. The molecule has 3 aliphatic rings. The lowest BCUT2D eigenvalue weighted by atomic mass is 9.93. The standard InChI is InChI=1S/C28H38N2O/c1-2-22-11-9-17-30(21-22)27-19-24-12-4-5-14-26(24)28(27)31-25-13-8-10-23(18-25)20-29-15-6-3-7-16-29/h4-5,8,10,12-14,18,22,27-28H,2-3,6-7,9,11,15-17,19-21H2,1H3. The minimum Gasteiger partial charge on any atom is -0.484 e. The highest BCUT2D eigenvalue weighted by Gasteiger charge is 2.39. The molecule has 0 bridgehead atoms. The predicted molar refractivity (Wildman–Crippen MR) is 127 cm³/mol. The Bertz CT molecular complexity index is 860. The molecule has 3 nitrogen and oxygen atoms in total. The second-order valence-corrected chi connectivity index (χ2v) is 9.90. The second kappa shape index (κ2) is 9.75. The smallest absolute Gasteiger partial charge is 0.140 e. The Balaban J connectivity index is 1.34. The van der Waals surface area contributed by atoms with Crippen LogP contribution < -0.4 is 4.74 Å². The van der Waals surface area contributed by atoms with Crippen molar-refractivity contribution in [3.63, 3.8) is 0 Å². The zero-order valence-electron chi connectivity index (χ0n) is 19.1. The minimum atomic E-state index is 0.136. The van der Waals surface area contributed by atoms with E-state index in [9.17, 15) is 0 Å². The summed E-state index contributed by atoms with van der Waals surface area (Å²) >= 11 is 0. The number of hydrogen-bond acceptors (Lipinski definition) is 3. The summed E-state index contributed by atoms with van der Waals surface area (Å²) in [6.45, 7) is 8.30. The summed E-state index contributed by atoms with van der Waals surface area (Å²) in [6, 6.07) is 18.3. The molecular weight excluding hydrogens is 380 g/mol. The van der Waals surface area contributed by atoms with Crippen molar-refractivity contribution in [2.24, 2.45) is 5.92 Å². The van der Waals surface area contributed by atoms with Gasteiger partial charge in [-0.05, 0) is 86.5 Å². The van der Waals surface area contributed by atoms with Crippen LogP contribution in [0.3, 0.4) is 0 Å². The SMILES string of the molecule is CCC1CCCN(C2Cc3ccccc3C2Oc2cccc(CN3CCCCC3)c2)C1. The van der Waals surface area contributed by atoms with E-state index in [1.54, 1.807) is 0 Å². The first-order chi connectivity index (χ1) is 15.3. The molecule has 1 aliphatic carbocycles. The Morgan fingerprint density at radius 2 is 1.81 bits per heavy atom. The molecule has 166 valence electrons. The second-order valence-electron chi connectivity index (χ2n) is 9.90. The van der Waals surface area contributed by atoms with Gasteiger partial charge >= 0.3 is 0 Å². The van der Waals surface area contributed by atoms with Crippen molar-refractivity contribution < 1.29 is 4.74 Å². The number of rotatable bonds is 6. The fraction of sp³-hybridized carbons (Fsp3) is 0.571. The van der Waals surface area contributed by atoms with Crippen molar-refractivity contribution in [1.82, 2.24) is 9.80 Å². The number of fused-ring (bicyclic) bond motifs is 1. The van der Waals surface area contributed by atoms with Gasteiger partial charge in [0.05, 0.1) is 6.04 Å². The van der Waals surface area contributed by atoms with Crippen LogP contribution in [0.5, 0.6) is 5.75 Å². The molecule has 2 aromatic carbocycles. The van der Waals surface area contributed by atoms with Crippen molar-refractivity contribution in [1.29, 1.82) is 0 Å². The maximum absolute atomic E-state index is 6.81. The third-order valence-corrected chi connectivity index (χ3v) is 7.75. The maximum atomic E-state index is 6.81. The number of nitrogens with zero attached hydrogens (tertiary/aromatic N) is 2. The van der Waals surface area contributed by atoms with Crippen LogP contribution in [0, 0.1) is 5.92 Å². The highest BCUT2D eigenvalue weighted by Crippen LogP contribution is 2.39. The van der Waals surface area contributed by atoms with E-state index in [0.717, 1.165) is 24.6 Å². The molecule has 2 aromatic rings. The van der Waals surface area contributed by atoms with E-state index in [2.05, 4.69) is 65.3 Å².